The summed E-state index contributed by atoms with van der Waals surface area (Å²) in [5.74, 6) is 0.503. The van der Waals surface area contributed by atoms with Crippen LogP contribution in [0.2, 0.25) is 0 Å². The number of rotatable bonds is 8. The van der Waals surface area contributed by atoms with Gasteiger partial charge in [-0.05, 0) is 53.1 Å². The number of ether oxygens (including phenoxy) is 1. The van der Waals surface area contributed by atoms with Gasteiger partial charge < -0.3 is 21.1 Å². The van der Waals surface area contributed by atoms with E-state index in [0.717, 1.165) is 47.9 Å². The molecule has 2 amide bonds. The molecule has 3 atom stereocenters. The summed E-state index contributed by atoms with van der Waals surface area (Å²) in [5.41, 5.74) is 10.1. The summed E-state index contributed by atoms with van der Waals surface area (Å²) in [6.45, 7) is 4.07. The molecule has 186 valence electrons. The van der Waals surface area contributed by atoms with Crippen LogP contribution in [-0.2, 0) is 11.3 Å². The Kier molecular flexibility index (Phi) is 8.53. The van der Waals surface area contributed by atoms with Gasteiger partial charge in [-0.15, -0.1) is 0 Å². The Balaban J connectivity index is 1.33. The van der Waals surface area contributed by atoms with Gasteiger partial charge in [0.2, 0.25) is 5.91 Å². The lowest BCUT2D eigenvalue weighted by molar-refractivity contribution is -0.127. The molecule has 1 aliphatic rings. The first-order valence-corrected chi connectivity index (χ1v) is 12.4. The zero-order valence-corrected chi connectivity index (χ0v) is 20.4. The van der Waals surface area contributed by atoms with Gasteiger partial charge in [0.1, 0.15) is 11.9 Å². The van der Waals surface area contributed by atoms with Gasteiger partial charge in [-0.25, -0.2) is 4.79 Å². The summed E-state index contributed by atoms with van der Waals surface area (Å²) >= 11 is 0. The maximum atomic E-state index is 13.1. The largest absolute Gasteiger partial charge is 0.412 e. The Morgan fingerprint density at radius 3 is 2.50 bits per heavy atom. The van der Waals surface area contributed by atoms with Crippen LogP contribution >= 0.6 is 0 Å². The van der Waals surface area contributed by atoms with Gasteiger partial charge in [-0.3, -0.25) is 4.79 Å². The van der Waals surface area contributed by atoms with E-state index >= 15 is 0 Å². The minimum absolute atomic E-state index is 0.00469. The lowest BCUT2D eigenvalue weighted by atomic mass is 9.75. The monoisotopic (exact) mass is 483 g/mol. The van der Waals surface area contributed by atoms with Gasteiger partial charge in [-0.2, -0.15) is 0 Å². The first kappa shape index (κ1) is 25.2. The number of hydrogen-bond acceptors (Lipinski definition) is 4. The van der Waals surface area contributed by atoms with Gasteiger partial charge in [0.15, 0.2) is 0 Å². The quantitative estimate of drug-likeness (QED) is 0.360. The lowest BCUT2D eigenvalue weighted by Crippen LogP contribution is -2.41. The van der Waals surface area contributed by atoms with Crippen LogP contribution in [0.5, 0.6) is 5.75 Å². The summed E-state index contributed by atoms with van der Waals surface area (Å²) in [6, 6.07) is 24.9. The van der Waals surface area contributed by atoms with Crippen LogP contribution in [0.3, 0.4) is 0 Å². The average molecular weight is 484 g/mol. The second kappa shape index (κ2) is 12.2. The summed E-state index contributed by atoms with van der Waals surface area (Å²) in [4.78, 5) is 25.3. The van der Waals surface area contributed by atoms with E-state index in [-0.39, 0.29) is 17.7 Å². The van der Waals surface area contributed by atoms with Crippen LogP contribution in [0.15, 0.2) is 85.4 Å². The Labute approximate surface area is 212 Å². The Morgan fingerprint density at radius 2 is 1.75 bits per heavy atom. The number of nitrogens with two attached hydrogens (primary N) is 1. The Morgan fingerprint density at radius 1 is 1.00 bits per heavy atom. The zero-order valence-electron chi connectivity index (χ0n) is 20.4. The molecule has 0 heterocycles. The second-order valence-corrected chi connectivity index (χ2v) is 9.16. The van der Waals surface area contributed by atoms with Crippen molar-refractivity contribution >= 4 is 18.1 Å². The molecule has 0 bridgehead atoms. The summed E-state index contributed by atoms with van der Waals surface area (Å²) in [6.07, 6.45) is 4.61. The molecular weight excluding hydrogens is 450 g/mol. The first-order chi connectivity index (χ1) is 17.5. The topological polar surface area (TPSA) is 93.4 Å². The standard InChI is InChI=1S/C30H33N3O3/c1-2-21-9-8-12-25(19-21)36-30(35)32-20-22-15-17-23(18-16-22)26-13-6-7-14-27(26)29(34)33-28(31)24-10-4-3-5-11-24/h2-5,8-12,15-19,26-28H,1,6-7,13-14,20,31H2,(H,32,35)(H,33,34)/t26-,27+,28-/m1/s1. The Hall–Kier alpha value is -3.90. The summed E-state index contributed by atoms with van der Waals surface area (Å²) in [5, 5.41) is 5.79. The molecule has 6 nitrogen and oxygen atoms in total. The number of carbonyl (C=O) groups excluding carboxylic acids is 2. The molecule has 0 unspecified atom stereocenters. The van der Waals surface area contributed by atoms with E-state index in [4.69, 9.17) is 10.5 Å². The van der Waals surface area contributed by atoms with Gasteiger partial charge >= 0.3 is 6.09 Å². The minimum atomic E-state index is -0.520. The van der Waals surface area contributed by atoms with Crippen molar-refractivity contribution in [3.05, 3.63) is 108 Å². The van der Waals surface area contributed by atoms with E-state index in [1.807, 2.05) is 54.6 Å². The molecule has 1 fully saturated rings. The van der Waals surface area contributed by atoms with E-state index < -0.39 is 12.3 Å². The SMILES string of the molecule is C=Cc1cccc(OC(=O)NCc2ccc([C@H]3CCCC[C@@H]3C(=O)N[C@@H](N)c3ccccc3)cc2)c1. The zero-order chi connectivity index (χ0) is 25.3. The van der Waals surface area contributed by atoms with Crippen LogP contribution in [0.1, 0.15) is 60.0 Å². The van der Waals surface area contributed by atoms with Crippen molar-refractivity contribution in [1.29, 1.82) is 0 Å². The Bertz CT molecular complexity index is 1180. The fourth-order valence-corrected chi connectivity index (χ4v) is 4.75. The molecule has 0 spiro atoms. The smallest absolute Gasteiger partial charge is 0.410 e. The van der Waals surface area contributed by atoms with Crippen molar-refractivity contribution in [2.45, 2.75) is 44.3 Å². The van der Waals surface area contributed by atoms with Gasteiger partial charge in [0.05, 0.1) is 0 Å². The van der Waals surface area contributed by atoms with Crippen LogP contribution in [-0.4, -0.2) is 12.0 Å². The highest BCUT2D eigenvalue weighted by atomic mass is 16.6. The van der Waals surface area contributed by atoms with Gasteiger partial charge in [-0.1, -0.05) is 92.2 Å². The molecule has 4 rings (SSSR count). The van der Waals surface area contributed by atoms with Crippen molar-refractivity contribution < 1.29 is 14.3 Å². The predicted octanol–water partition coefficient (Wildman–Crippen LogP) is 5.67. The third-order valence-corrected chi connectivity index (χ3v) is 6.71. The van der Waals surface area contributed by atoms with Crippen LogP contribution in [0.25, 0.3) is 6.08 Å². The third-order valence-electron chi connectivity index (χ3n) is 6.71. The molecule has 0 aliphatic heterocycles. The fourth-order valence-electron chi connectivity index (χ4n) is 4.75. The highest BCUT2D eigenvalue weighted by Crippen LogP contribution is 2.38. The molecule has 3 aromatic rings. The molecule has 1 saturated carbocycles. The molecule has 0 aromatic heterocycles. The van der Waals surface area contributed by atoms with E-state index in [1.165, 1.54) is 0 Å². The van der Waals surface area contributed by atoms with Crippen molar-refractivity contribution in [2.75, 3.05) is 0 Å². The van der Waals surface area contributed by atoms with Gasteiger partial charge in [0.25, 0.3) is 0 Å². The highest BCUT2D eigenvalue weighted by Gasteiger charge is 2.32. The van der Waals surface area contributed by atoms with Crippen molar-refractivity contribution in [1.82, 2.24) is 10.6 Å². The second-order valence-electron chi connectivity index (χ2n) is 9.16. The van der Waals surface area contributed by atoms with Crippen molar-refractivity contribution in [3.8, 4) is 5.75 Å². The van der Waals surface area contributed by atoms with Crippen LogP contribution < -0.4 is 21.1 Å². The highest BCUT2D eigenvalue weighted by molar-refractivity contribution is 5.80. The van der Waals surface area contributed by atoms with E-state index in [9.17, 15) is 9.59 Å². The summed E-state index contributed by atoms with van der Waals surface area (Å²) in [7, 11) is 0. The lowest BCUT2D eigenvalue weighted by Gasteiger charge is -2.32. The molecule has 6 heteroatoms. The molecule has 0 radical (unpaired) electrons. The molecule has 1 aliphatic carbocycles. The first-order valence-electron chi connectivity index (χ1n) is 12.4. The molecule has 36 heavy (non-hydrogen) atoms. The average Bonchev–Trinajstić information content (AvgIpc) is 2.92. The van der Waals surface area contributed by atoms with Crippen molar-refractivity contribution in [3.63, 3.8) is 0 Å². The van der Waals surface area contributed by atoms with E-state index in [0.29, 0.717) is 12.3 Å². The maximum Gasteiger partial charge on any atom is 0.412 e. The molecule has 4 N–H and O–H groups in total. The maximum absolute atomic E-state index is 13.1. The normalized spacial score (nSPS) is 18.0. The van der Waals surface area contributed by atoms with Gasteiger partial charge in [0, 0.05) is 12.5 Å². The fraction of sp³-hybridized carbons (Fsp3) is 0.267. The van der Waals surface area contributed by atoms with Crippen molar-refractivity contribution in [2.24, 2.45) is 11.7 Å². The molecular formula is C30H33N3O3. The number of amides is 2. The third kappa shape index (κ3) is 6.61. The van der Waals surface area contributed by atoms with Crippen LogP contribution in [0.4, 0.5) is 4.79 Å². The molecule has 0 saturated heterocycles. The summed E-state index contributed by atoms with van der Waals surface area (Å²) < 4.78 is 5.35. The molecule has 3 aromatic carbocycles. The number of carbonyl (C=O) groups is 2. The number of nitrogens with one attached hydrogen (secondary N) is 2. The minimum Gasteiger partial charge on any atom is -0.410 e. The number of benzene rings is 3. The predicted molar refractivity (Wildman–Crippen MR) is 142 cm³/mol. The van der Waals surface area contributed by atoms with E-state index in [1.54, 1.807) is 18.2 Å². The van der Waals surface area contributed by atoms with Crippen LogP contribution in [0, 0.1) is 5.92 Å². The van der Waals surface area contributed by atoms with E-state index in [2.05, 4.69) is 29.3 Å². The number of hydrogen-bond donors (Lipinski definition) is 3.